The maximum atomic E-state index is 5.08. The van der Waals surface area contributed by atoms with E-state index in [-0.39, 0.29) is 0 Å². The topological polar surface area (TPSA) is 9.23 Å². The molecule has 0 aromatic carbocycles. The van der Waals surface area contributed by atoms with Gasteiger partial charge in [-0.25, -0.2) is 0 Å². The largest absolute Gasteiger partial charge is 0.483 e. The summed E-state index contributed by atoms with van der Waals surface area (Å²) in [7, 11) is 0.639. The molecule has 0 aromatic rings. The van der Waals surface area contributed by atoms with Gasteiger partial charge in [-0.05, 0) is 19.6 Å². The van der Waals surface area contributed by atoms with Crippen LogP contribution in [-0.2, 0) is 4.34 Å². The van der Waals surface area contributed by atoms with Gasteiger partial charge in [0, 0.05) is 0 Å². The highest BCUT2D eigenvalue weighted by Gasteiger charge is 2.08. The van der Waals surface area contributed by atoms with E-state index in [1.54, 1.807) is 8.05 Å². The molecule has 6 heavy (non-hydrogen) atoms. The van der Waals surface area contributed by atoms with Crippen LogP contribution < -0.4 is 0 Å². The Bertz CT molecular complexity index is 40.5. The van der Waals surface area contributed by atoms with Gasteiger partial charge >= 0.3 is 0 Å². The molecule has 0 saturated carbocycles. The van der Waals surface area contributed by atoms with E-state index in [1.165, 1.54) is 0 Å². The average Bonchev–Trinajstić information content (AvgIpc) is 1.35. The summed E-state index contributed by atoms with van der Waals surface area (Å²) in [5, 5.41) is 0. The van der Waals surface area contributed by atoms with Crippen molar-refractivity contribution in [1.82, 2.24) is 0 Å². The first-order valence-corrected chi connectivity index (χ1v) is 5.52. The van der Waals surface area contributed by atoms with Crippen molar-refractivity contribution in [2.24, 2.45) is 0 Å². The maximum absolute atomic E-state index is 5.08. The molecule has 0 saturated heterocycles. The lowest BCUT2D eigenvalue weighted by atomic mass is 10.6. The fourth-order valence-electron chi connectivity index (χ4n) is 0. The quantitative estimate of drug-likeness (QED) is 0.435. The summed E-state index contributed by atoms with van der Waals surface area (Å²) < 4.78 is 5.08. The minimum absolute atomic E-state index is 1.13. The van der Waals surface area contributed by atoms with Crippen LogP contribution >= 0.6 is 0 Å². The first-order chi connectivity index (χ1) is 2.56. The molecule has 0 aliphatic carbocycles. The van der Waals surface area contributed by atoms with Crippen LogP contribution in [0.1, 0.15) is 0 Å². The Morgan fingerprint density at radius 2 is 1.50 bits per heavy atom. The standard InChI is InChI=1S/C3H11BOSi/c1-6(2,3)5-4/h4H2,1-3H3. The first-order valence-electron chi connectivity index (χ1n) is 2.11. The molecule has 1 nitrogen and oxygen atoms in total. The second-order valence-corrected chi connectivity index (χ2v) is 6.95. The Hall–Kier alpha value is 0.242. The summed E-state index contributed by atoms with van der Waals surface area (Å²) in [6.45, 7) is 6.48. The zero-order valence-corrected chi connectivity index (χ0v) is 5.91. The van der Waals surface area contributed by atoms with Crippen molar-refractivity contribution in [2.75, 3.05) is 0 Å². The molecule has 0 rings (SSSR count). The van der Waals surface area contributed by atoms with Crippen LogP contribution in [0.5, 0.6) is 0 Å². The first kappa shape index (κ1) is 6.24. The van der Waals surface area contributed by atoms with Gasteiger partial charge in [0.05, 0.1) is 0 Å². The fraction of sp³-hybridized carbons (Fsp3) is 1.00. The zero-order chi connectivity index (χ0) is 5.21. The Labute approximate surface area is 41.3 Å². The van der Waals surface area contributed by atoms with Crippen LogP contribution in [0.4, 0.5) is 0 Å². The average molecular weight is 102 g/mol. The SMILES string of the molecule is BO[Si](C)(C)C. The molecule has 0 aromatic heterocycles. The van der Waals surface area contributed by atoms with Crippen LogP contribution in [0, 0.1) is 0 Å². The summed E-state index contributed by atoms with van der Waals surface area (Å²) in [4.78, 5) is 0. The highest BCUT2D eigenvalue weighted by atomic mass is 28.4. The predicted octanol–water partition coefficient (Wildman–Crippen LogP) is 0.386. The van der Waals surface area contributed by atoms with Gasteiger partial charge in [0.1, 0.15) is 0 Å². The van der Waals surface area contributed by atoms with Crippen molar-refractivity contribution in [1.29, 1.82) is 0 Å². The van der Waals surface area contributed by atoms with Gasteiger partial charge in [0.2, 0.25) is 8.05 Å². The highest BCUT2D eigenvalue weighted by molar-refractivity contribution is 6.72. The van der Waals surface area contributed by atoms with Gasteiger partial charge in [-0.3, -0.25) is 0 Å². The van der Waals surface area contributed by atoms with Crippen LogP contribution in [0.15, 0.2) is 0 Å². The molecular formula is C3H11BOSi. The van der Waals surface area contributed by atoms with E-state index in [1.807, 2.05) is 0 Å². The van der Waals surface area contributed by atoms with Crippen molar-refractivity contribution in [3.8, 4) is 0 Å². The molecule has 0 atom stereocenters. The summed E-state index contributed by atoms with van der Waals surface area (Å²) in [6.07, 6.45) is 0. The molecule has 0 spiro atoms. The van der Waals surface area contributed by atoms with E-state index in [0.29, 0.717) is 0 Å². The molecule has 0 bridgehead atoms. The van der Waals surface area contributed by atoms with Crippen LogP contribution in [0.25, 0.3) is 0 Å². The lowest BCUT2D eigenvalue weighted by molar-refractivity contribution is 0.620. The van der Waals surface area contributed by atoms with E-state index >= 15 is 0 Å². The van der Waals surface area contributed by atoms with Gasteiger partial charge < -0.3 is 4.34 Å². The molecule has 0 N–H and O–H groups in total. The third-order valence-corrected chi connectivity index (χ3v) is 1.84. The van der Waals surface area contributed by atoms with Gasteiger partial charge in [-0.2, -0.15) is 0 Å². The molecule has 36 valence electrons. The second-order valence-electron chi connectivity index (χ2n) is 2.32. The summed E-state index contributed by atoms with van der Waals surface area (Å²) in [5.74, 6) is 0. The summed E-state index contributed by atoms with van der Waals surface area (Å²) in [6, 6.07) is 0. The lowest BCUT2D eigenvalue weighted by Crippen LogP contribution is -2.23. The third kappa shape index (κ3) is 4.24. The third-order valence-electron chi connectivity index (χ3n) is 0.612. The zero-order valence-electron chi connectivity index (χ0n) is 4.91. The summed E-state index contributed by atoms with van der Waals surface area (Å²) >= 11 is 0. The minimum Gasteiger partial charge on any atom is -0.483 e. The molecule has 0 aliphatic heterocycles. The van der Waals surface area contributed by atoms with Gasteiger partial charge in [0.25, 0.3) is 0 Å². The second kappa shape index (κ2) is 1.80. The van der Waals surface area contributed by atoms with Crippen LogP contribution in [0.3, 0.4) is 0 Å². The van der Waals surface area contributed by atoms with E-state index in [9.17, 15) is 0 Å². The predicted molar refractivity (Wildman–Crippen MR) is 33.0 cm³/mol. The molecule has 3 heteroatoms. The molecule has 0 fully saturated rings. The van der Waals surface area contributed by atoms with Crippen LogP contribution in [0.2, 0.25) is 19.6 Å². The smallest absolute Gasteiger partial charge is 0.242 e. The molecule has 0 radical (unpaired) electrons. The summed E-state index contributed by atoms with van der Waals surface area (Å²) in [5.41, 5.74) is 0. The molecular weight excluding hydrogens is 90.9 g/mol. The number of hydrogen-bond donors (Lipinski definition) is 0. The van der Waals surface area contributed by atoms with E-state index < -0.39 is 8.32 Å². The Balaban J connectivity index is 3.17. The lowest BCUT2D eigenvalue weighted by Gasteiger charge is -2.11. The van der Waals surface area contributed by atoms with Crippen molar-refractivity contribution in [3.05, 3.63) is 0 Å². The molecule has 0 aliphatic rings. The minimum atomic E-state index is -1.13. The van der Waals surface area contributed by atoms with Crippen LogP contribution in [-0.4, -0.2) is 16.4 Å². The molecule has 0 heterocycles. The monoisotopic (exact) mass is 102 g/mol. The van der Waals surface area contributed by atoms with Crippen molar-refractivity contribution in [3.63, 3.8) is 0 Å². The molecule has 0 amide bonds. The van der Waals surface area contributed by atoms with Crippen molar-refractivity contribution < 1.29 is 4.34 Å². The van der Waals surface area contributed by atoms with Crippen molar-refractivity contribution >= 4 is 16.4 Å². The maximum Gasteiger partial charge on any atom is 0.242 e. The Morgan fingerprint density at radius 3 is 1.50 bits per heavy atom. The van der Waals surface area contributed by atoms with E-state index in [2.05, 4.69) is 19.6 Å². The number of rotatable bonds is 1. The fourth-order valence-corrected chi connectivity index (χ4v) is 0. The Morgan fingerprint density at radius 1 is 1.33 bits per heavy atom. The van der Waals surface area contributed by atoms with Gasteiger partial charge in [-0.1, -0.05) is 0 Å². The number of hydrogen-bond acceptors (Lipinski definition) is 1. The van der Waals surface area contributed by atoms with E-state index in [4.69, 9.17) is 4.34 Å². The normalized spacial score (nSPS) is 11.8. The van der Waals surface area contributed by atoms with Gasteiger partial charge in [0.15, 0.2) is 8.32 Å². The highest BCUT2D eigenvalue weighted by Crippen LogP contribution is 1.96. The molecule has 0 unspecified atom stereocenters. The van der Waals surface area contributed by atoms with Gasteiger partial charge in [-0.15, -0.1) is 0 Å². The van der Waals surface area contributed by atoms with E-state index in [0.717, 1.165) is 0 Å². The van der Waals surface area contributed by atoms with Crippen molar-refractivity contribution in [2.45, 2.75) is 19.6 Å². The Kier molecular flexibility index (Phi) is 1.87.